The molecule has 6 heteroatoms. The minimum atomic E-state index is -0.945. The normalized spacial score (nSPS) is 19.4. The summed E-state index contributed by atoms with van der Waals surface area (Å²) in [6.07, 6.45) is 17.0. The van der Waals surface area contributed by atoms with Crippen LogP contribution in [0.15, 0.2) is 0 Å². The van der Waals surface area contributed by atoms with Crippen LogP contribution in [0.1, 0.15) is 130 Å². The van der Waals surface area contributed by atoms with Gasteiger partial charge in [-0.05, 0) is 25.2 Å². The van der Waals surface area contributed by atoms with Gasteiger partial charge in [0.25, 0.3) is 0 Å². The number of primary amides is 1. The van der Waals surface area contributed by atoms with Crippen LogP contribution in [-0.4, -0.2) is 30.1 Å². The number of hydrogen-bond acceptors (Lipinski definition) is 5. The van der Waals surface area contributed by atoms with Crippen LogP contribution in [-0.2, 0) is 23.9 Å². The Morgan fingerprint density at radius 3 is 1.91 bits per heavy atom. The number of carbonyl (C=O) groups excluding carboxylic acids is 3. The number of carbonyl (C=O) groups is 3. The fourth-order valence-electron chi connectivity index (χ4n) is 4.83. The van der Waals surface area contributed by atoms with Gasteiger partial charge in [0.05, 0.1) is 5.92 Å². The second-order valence-electron chi connectivity index (χ2n) is 10.5. The van der Waals surface area contributed by atoms with Crippen LogP contribution in [0, 0.1) is 17.8 Å². The Morgan fingerprint density at radius 2 is 1.41 bits per heavy atom. The van der Waals surface area contributed by atoms with E-state index in [0.717, 1.165) is 44.9 Å². The molecule has 0 aromatic rings. The van der Waals surface area contributed by atoms with Crippen molar-refractivity contribution >= 4 is 17.8 Å². The van der Waals surface area contributed by atoms with Gasteiger partial charge in [-0.25, -0.2) is 0 Å². The SMILES string of the molecule is CCCCCCCCCCC[C@@H](C[C@@H]1OC(=O)[C@H]1CCCCCC)OC(=O)[C@@H](C(N)=O)C(C)C. The van der Waals surface area contributed by atoms with Gasteiger partial charge in [0.15, 0.2) is 0 Å². The Bertz CT molecular complexity index is 591. The van der Waals surface area contributed by atoms with Crippen LogP contribution in [0.4, 0.5) is 0 Å². The van der Waals surface area contributed by atoms with Crippen LogP contribution in [0.25, 0.3) is 0 Å². The predicted octanol–water partition coefficient (Wildman–Crippen LogP) is 6.48. The summed E-state index contributed by atoms with van der Waals surface area (Å²) in [5, 5.41) is 0. The van der Waals surface area contributed by atoms with E-state index in [1.165, 1.54) is 51.4 Å². The fourth-order valence-corrected chi connectivity index (χ4v) is 4.83. The molecule has 4 atom stereocenters. The van der Waals surface area contributed by atoms with Gasteiger partial charge in [0.2, 0.25) is 5.91 Å². The molecule has 2 N–H and O–H groups in total. The highest BCUT2D eigenvalue weighted by Crippen LogP contribution is 2.33. The molecule has 34 heavy (non-hydrogen) atoms. The summed E-state index contributed by atoms with van der Waals surface area (Å²) in [5.41, 5.74) is 5.46. The lowest BCUT2D eigenvalue weighted by molar-refractivity contribution is -0.190. The van der Waals surface area contributed by atoms with Crippen LogP contribution in [0.2, 0.25) is 0 Å². The first-order valence-corrected chi connectivity index (χ1v) is 14.0. The maximum atomic E-state index is 12.7. The summed E-state index contributed by atoms with van der Waals surface area (Å²) < 4.78 is 11.3. The van der Waals surface area contributed by atoms with Gasteiger partial charge in [-0.2, -0.15) is 0 Å². The van der Waals surface area contributed by atoms with Gasteiger partial charge in [0, 0.05) is 6.42 Å². The summed E-state index contributed by atoms with van der Waals surface area (Å²) in [5.74, 6) is -2.59. The Kier molecular flexibility index (Phi) is 15.9. The molecule has 198 valence electrons. The molecule has 1 saturated heterocycles. The maximum absolute atomic E-state index is 12.7. The third-order valence-electron chi connectivity index (χ3n) is 7.02. The monoisotopic (exact) mass is 481 g/mol. The molecule has 0 aromatic heterocycles. The number of hydrogen-bond donors (Lipinski definition) is 1. The zero-order chi connectivity index (χ0) is 25.3. The van der Waals surface area contributed by atoms with E-state index >= 15 is 0 Å². The van der Waals surface area contributed by atoms with Crippen molar-refractivity contribution in [2.75, 3.05) is 0 Å². The minimum Gasteiger partial charge on any atom is -0.462 e. The molecule has 1 amide bonds. The van der Waals surface area contributed by atoms with Gasteiger partial charge in [0.1, 0.15) is 18.1 Å². The Balaban J connectivity index is 2.57. The highest BCUT2D eigenvalue weighted by Gasteiger charge is 2.43. The van der Waals surface area contributed by atoms with Crippen LogP contribution >= 0.6 is 0 Å². The summed E-state index contributed by atoms with van der Waals surface area (Å²) >= 11 is 0. The van der Waals surface area contributed by atoms with E-state index in [2.05, 4.69) is 13.8 Å². The zero-order valence-electron chi connectivity index (χ0n) is 22.3. The first kappa shape index (κ1) is 30.4. The van der Waals surface area contributed by atoms with E-state index in [4.69, 9.17) is 15.2 Å². The molecule has 1 heterocycles. The summed E-state index contributed by atoms with van der Waals surface area (Å²) in [4.78, 5) is 36.6. The quantitative estimate of drug-likeness (QED) is 0.115. The largest absolute Gasteiger partial charge is 0.462 e. The number of unbranched alkanes of at least 4 members (excludes halogenated alkanes) is 11. The first-order chi connectivity index (χ1) is 16.3. The molecule has 0 radical (unpaired) electrons. The lowest BCUT2D eigenvalue weighted by atomic mass is 9.86. The Morgan fingerprint density at radius 1 is 0.882 bits per heavy atom. The van der Waals surface area contributed by atoms with Crippen molar-refractivity contribution in [1.82, 2.24) is 0 Å². The van der Waals surface area contributed by atoms with Crippen molar-refractivity contribution in [3.63, 3.8) is 0 Å². The molecule has 0 spiro atoms. The molecule has 1 aliphatic heterocycles. The third-order valence-corrected chi connectivity index (χ3v) is 7.02. The second-order valence-corrected chi connectivity index (χ2v) is 10.5. The number of amides is 1. The van der Waals surface area contributed by atoms with Gasteiger partial charge in [-0.3, -0.25) is 14.4 Å². The zero-order valence-corrected chi connectivity index (χ0v) is 22.3. The molecule has 6 nitrogen and oxygen atoms in total. The second kappa shape index (κ2) is 17.8. The van der Waals surface area contributed by atoms with Crippen molar-refractivity contribution in [1.29, 1.82) is 0 Å². The van der Waals surface area contributed by atoms with E-state index in [1.807, 2.05) is 0 Å². The van der Waals surface area contributed by atoms with Gasteiger partial charge in [-0.15, -0.1) is 0 Å². The van der Waals surface area contributed by atoms with Crippen molar-refractivity contribution in [3.8, 4) is 0 Å². The number of ether oxygens (including phenoxy) is 2. The maximum Gasteiger partial charge on any atom is 0.319 e. The van der Waals surface area contributed by atoms with E-state index in [0.29, 0.717) is 6.42 Å². The molecule has 0 aliphatic carbocycles. The molecule has 1 rings (SSSR count). The molecule has 0 saturated carbocycles. The lowest BCUT2D eigenvalue weighted by Crippen LogP contribution is -2.47. The summed E-state index contributed by atoms with van der Waals surface area (Å²) in [6.45, 7) is 8.00. The molecule has 1 fully saturated rings. The molecular formula is C28H51NO5. The average Bonchev–Trinajstić information content (AvgIpc) is 2.76. The molecule has 0 aromatic carbocycles. The van der Waals surface area contributed by atoms with Crippen molar-refractivity contribution in [3.05, 3.63) is 0 Å². The summed E-state index contributed by atoms with van der Waals surface area (Å²) in [7, 11) is 0. The van der Waals surface area contributed by atoms with Gasteiger partial charge >= 0.3 is 11.9 Å². The highest BCUT2D eigenvalue weighted by molar-refractivity contribution is 5.97. The van der Waals surface area contributed by atoms with E-state index in [-0.39, 0.29) is 30.0 Å². The van der Waals surface area contributed by atoms with E-state index < -0.39 is 17.8 Å². The molecule has 0 unspecified atom stereocenters. The number of cyclic esters (lactones) is 1. The van der Waals surface area contributed by atoms with Gasteiger partial charge in [-0.1, -0.05) is 105 Å². The topological polar surface area (TPSA) is 95.7 Å². The van der Waals surface area contributed by atoms with E-state index in [9.17, 15) is 14.4 Å². The van der Waals surface area contributed by atoms with Crippen LogP contribution < -0.4 is 5.73 Å². The number of esters is 2. The first-order valence-electron chi connectivity index (χ1n) is 14.0. The smallest absolute Gasteiger partial charge is 0.319 e. The van der Waals surface area contributed by atoms with Crippen LogP contribution in [0.5, 0.6) is 0 Å². The van der Waals surface area contributed by atoms with Gasteiger partial charge < -0.3 is 15.2 Å². The molecule has 0 bridgehead atoms. The van der Waals surface area contributed by atoms with Crippen molar-refractivity contribution in [2.24, 2.45) is 23.5 Å². The highest BCUT2D eigenvalue weighted by atomic mass is 16.6. The average molecular weight is 482 g/mol. The van der Waals surface area contributed by atoms with Crippen molar-refractivity contribution < 1.29 is 23.9 Å². The predicted molar refractivity (Wildman–Crippen MR) is 136 cm³/mol. The standard InChI is InChI=1S/C28H51NO5/c1-5-7-9-11-12-13-14-15-16-18-22(33-28(32)25(21(3)4)26(29)30)20-24-23(27(31)34-24)19-17-10-8-6-2/h21-25H,5-20H2,1-4H3,(H2,29,30)/t22-,23-,24-,25+/m0/s1. The summed E-state index contributed by atoms with van der Waals surface area (Å²) in [6, 6.07) is 0. The third kappa shape index (κ3) is 11.7. The minimum absolute atomic E-state index is 0.0989. The van der Waals surface area contributed by atoms with E-state index in [1.54, 1.807) is 13.8 Å². The number of rotatable bonds is 21. The fraction of sp³-hybridized carbons (Fsp3) is 0.893. The molecule has 1 aliphatic rings. The Hall–Kier alpha value is -1.59. The van der Waals surface area contributed by atoms with Crippen molar-refractivity contribution in [2.45, 2.75) is 143 Å². The molecular weight excluding hydrogens is 430 g/mol. The lowest BCUT2D eigenvalue weighted by Gasteiger charge is -2.37. The number of nitrogens with two attached hydrogens (primary N) is 1. The Labute approximate surface area is 208 Å². The van der Waals surface area contributed by atoms with Crippen LogP contribution in [0.3, 0.4) is 0 Å².